The fourth-order valence-corrected chi connectivity index (χ4v) is 3.69. The molecule has 0 bridgehead atoms. The van der Waals surface area contributed by atoms with Gasteiger partial charge in [0.15, 0.2) is 0 Å². The average Bonchev–Trinajstić information content (AvgIpc) is 2.54. The van der Waals surface area contributed by atoms with Crippen LogP contribution in [-0.2, 0) is 0 Å². The van der Waals surface area contributed by atoms with Gasteiger partial charge < -0.3 is 15.1 Å². The summed E-state index contributed by atoms with van der Waals surface area (Å²) < 4.78 is 0. The summed E-state index contributed by atoms with van der Waals surface area (Å²) in [7, 11) is 4.04. The molecule has 2 fully saturated rings. The Morgan fingerprint density at radius 3 is 2.90 bits per heavy atom. The van der Waals surface area contributed by atoms with Crippen molar-refractivity contribution in [1.29, 1.82) is 0 Å². The summed E-state index contributed by atoms with van der Waals surface area (Å²) in [6.07, 6.45) is 5.26. The molecule has 2 unspecified atom stereocenters. The maximum Gasteiger partial charge on any atom is 0.255 e. The van der Waals surface area contributed by atoms with Crippen molar-refractivity contribution < 1.29 is 4.79 Å². The SMILES string of the molecule is CNc1ccc(C(=O)N2CCC3C(CCCN3C)C2)cn1. The standard InChI is InChI=1S/C16H24N4O/c1-17-15-6-5-12(10-18-15)16(21)20-9-7-14-13(11-20)4-3-8-19(14)2/h5-6,10,13-14H,3-4,7-9,11H2,1-2H3,(H,17,18). The van der Waals surface area contributed by atoms with Crippen molar-refractivity contribution in [2.24, 2.45) is 5.92 Å². The topological polar surface area (TPSA) is 48.5 Å². The van der Waals surface area contributed by atoms with Gasteiger partial charge in [-0.15, -0.1) is 0 Å². The van der Waals surface area contributed by atoms with Crippen molar-refractivity contribution in [3.63, 3.8) is 0 Å². The van der Waals surface area contributed by atoms with Gasteiger partial charge in [-0.2, -0.15) is 0 Å². The van der Waals surface area contributed by atoms with Gasteiger partial charge in [0.05, 0.1) is 5.56 Å². The molecule has 5 nitrogen and oxygen atoms in total. The molecule has 1 aromatic rings. The number of piperidine rings is 2. The average molecular weight is 288 g/mol. The van der Waals surface area contributed by atoms with Crippen molar-refractivity contribution in [2.45, 2.75) is 25.3 Å². The van der Waals surface area contributed by atoms with Crippen molar-refractivity contribution in [3.8, 4) is 0 Å². The van der Waals surface area contributed by atoms with Crippen molar-refractivity contribution >= 4 is 11.7 Å². The number of nitrogens with one attached hydrogen (secondary N) is 1. The molecule has 0 saturated carbocycles. The van der Waals surface area contributed by atoms with E-state index >= 15 is 0 Å². The Kier molecular flexibility index (Phi) is 4.10. The minimum absolute atomic E-state index is 0.122. The summed E-state index contributed by atoms with van der Waals surface area (Å²) in [5.74, 6) is 1.54. The van der Waals surface area contributed by atoms with E-state index in [0.717, 1.165) is 25.3 Å². The molecule has 1 N–H and O–H groups in total. The van der Waals surface area contributed by atoms with Crippen LogP contribution < -0.4 is 5.32 Å². The van der Waals surface area contributed by atoms with Gasteiger partial charge in [0, 0.05) is 32.4 Å². The van der Waals surface area contributed by atoms with E-state index in [1.165, 1.54) is 19.4 Å². The molecule has 0 aromatic carbocycles. The lowest BCUT2D eigenvalue weighted by molar-refractivity contribution is 0.0316. The second-order valence-corrected chi connectivity index (χ2v) is 6.17. The first-order valence-electron chi connectivity index (χ1n) is 7.82. The van der Waals surface area contributed by atoms with Gasteiger partial charge >= 0.3 is 0 Å². The number of carbonyl (C=O) groups is 1. The molecule has 0 radical (unpaired) electrons. The Hall–Kier alpha value is -1.62. The van der Waals surface area contributed by atoms with Crippen molar-refractivity contribution in [2.75, 3.05) is 39.0 Å². The molecule has 2 aliphatic rings. The molecule has 3 rings (SSSR count). The van der Waals surface area contributed by atoms with Crippen LogP contribution in [0.1, 0.15) is 29.6 Å². The van der Waals surface area contributed by atoms with Crippen LogP contribution in [0.15, 0.2) is 18.3 Å². The highest BCUT2D eigenvalue weighted by Crippen LogP contribution is 2.30. The van der Waals surface area contributed by atoms with Crippen LogP contribution >= 0.6 is 0 Å². The van der Waals surface area contributed by atoms with Crippen LogP contribution in [0.3, 0.4) is 0 Å². The predicted octanol–water partition coefficient (Wildman–Crippen LogP) is 1.68. The molecule has 2 aliphatic heterocycles. The molecule has 3 heterocycles. The zero-order valence-corrected chi connectivity index (χ0v) is 12.9. The van der Waals surface area contributed by atoms with Gasteiger partial charge in [-0.3, -0.25) is 4.79 Å². The van der Waals surface area contributed by atoms with Crippen LogP contribution in [-0.4, -0.2) is 60.5 Å². The summed E-state index contributed by atoms with van der Waals surface area (Å²) in [5.41, 5.74) is 0.691. The van der Waals surface area contributed by atoms with Gasteiger partial charge in [0.25, 0.3) is 5.91 Å². The second kappa shape index (κ2) is 6.02. The number of hydrogen-bond acceptors (Lipinski definition) is 4. The summed E-state index contributed by atoms with van der Waals surface area (Å²) in [4.78, 5) is 21.3. The Labute approximate surface area is 126 Å². The van der Waals surface area contributed by atoms with Crippen LogP contribution in [0.2, 0.25) is 0 Å². The van der Waals surface area contributed by atoms with E-state index in [0.29, 0.717) is 17.5 Å². The number of hydrogen-bond donors (Lipinski definition) is 1. The predicted molar refractivity (Wildman–Crippen MR) is 83.4 cm³/mol. The number of amides is 1. The third-order valence-electron chi connectivity index (χ3n) is 4.90. The Morgan fingerprint density at radius 2 is 2.19 bits per heavy atom. The number of likely N-dealkylation sites (tertiary alicyclic amines) is 2. The summed E-state index contributed by atoms with van der Waals surface area (Å²) >= 11 is 0. The third kappa shape index (κ3) is 2.88. The summed E-state index contributed by atoms with van der Waals surface area (Å²) in [6, 6.07) is 4.38. The van der Waals surface area contributed by atoms with Crippen LogP contribution in [0.5, 0.6) is 0 Å². The molecule has 2 saturated heterocycles. The second-order valence-electron chi connectivity index (χ2n) is 6.17. The number of fused-ring (bicyclic) bond motifs is 1. The number of rotatable bonds is 2. The first kappa shape index (κ1) is 14.3. The van der Waals surface area contributed by atoms with E-state index in [9.17, 15) is 4.79 Å². The van der Waals surface area contributed by atoms with E-state index in [2.05, 4.69) is 22.2 Å². The lowest BCUT2D eigenvalue weighted by atomic mass is 9.84. The highest BCUT2D eigenvalue weighted by atomic mass is 16.2. The van der Waals surface area contributed by atoms with Crippen molar-refractivity contribution in [1.82, 2.24) is 14.8 Å². The molecule has 114 valence electrons. The fourth-order valence-electron chi connectivity index (χ4n) is 3.69. The molecule has 1 aromatic heterocycles. The summed E-state index contributed by atoms with van der Waals surface area (Å²) in [6.45, 7) is 2.95. The number of aromatic nitrogens is 1. The number of pyridine rings is 1. The maximum atomic E-state index is 12.6. The van der Waals surface area contributed by atoms with Crippen LogP contribution in [0.4, 0.5) is 5.82 Å². The van der Waals surface area contributed by atoms with Crippen LogP contribution in [0.25, 0.3) is 0 Å². The maximum absolute atomic E-state index is 12.6. The molecule has 0 aliphatic carbocycles. The highest BCUT2D eigenvalue weighted by molar-refractivity contribution is 5.94. The molecule has 5 heteroatoms. The van der Waals surface area contributed by atoms with Gasteiger partial charge in [-0.1, -0.05) is 0 Å². The number of nitrogens with zero attached hydrogens (tertiary/aromatic N) is 3. The van der Waals surface area contributed by atoms with Gasteiger partial charge in [0.1, 0.15) is 5.82 Å². The first-order chi connectivity index (χ1) is 10.2. The Balaban J connectivity index is 1.68. The van der Waals surface area contributed by atoms with Gasteiger partial charge in [-0.05, 0) is 50.9 Å². The molecule has 0 spiro atoms. The smallest absolute Gasteiger partial charge is 0.255 e. The van der Waals surface area contributed by atoms with Crippen LogP contribution in [0, 0.1) is 5.92 Å². The fraction of sp³-hybridized carbons (Fsp3) is 0.625. The molecule has 1 amide bonds. The molecular formula is C16H24N4O. The molecule has 2 atom stereocenters. The minimum Gasteiger partial charge on any atom is -0.373 e. The first-order valence-corrected chi connectivity index (χ1v) is 7.82. The molecule has 21 heavy (non-hydrogen) atoms. The van der Waals surface area contributed by atoms with Crippen molar-refractivity contribution in [3.05, 3.63) is 23.9 Å². The highest BCUT2D eigenvalue weighted by Gasteiger charge is 2.35. The van der Waals surface area contributed by atoms with E-state index in [1.807, 2.05) is 24.1 Å². The zero-order chi connectivity index (χ0) is 14.8. The Morgan fingerprint density at radius 1 is 1.33 bits per heavy atom. The minimum atomic E-state index is 0.122. The van der Waals surface area contributed by atoms with E-state index in [-0.39, 0.29) is 5.91 Å². The largest absolute Gasteiger partial charge is 0.373 e. The Bertz CT molecular complexity index is 502. The number of anilines is 1. The monoisotopic (exact) mass is 288 g/mol. The third-order valence-corrected chi connectivity index (χ3v) is 4.90. The number of carbonyl (C=O) groups excluding carboxylic acids is 1. The summed E-state index contributed by atoms with van der Waals surface area (Å²) in [5, 5.41) is 2.97. The lowest BCUT2D eigenvalue weighted by Gasteiger charge is -2.45. The quantitative estimate of drug-likeness (QED) is 0.899. The lowest BCUT2D eigenvalue weighted by Crippen LogP contribution is -2.53. The van der Waals surface area contributed by atoms with Gasteiger partial charge in [-0.25, -0.2) is 4.98 Å². The molecular weight excluding hydrogens is 264 g/mol. The van der Waals surface area contributed by atoms with E-state index in [4.69, 9.17) is 0 Å². The van der Waals surface area contributed by atoms with Gasteiger partial charge in [0.2, 0.25) is 0 Å². The zero-order valence-electron chi connectivity index (χ0n) is 12.9. The van der Waals surface area contributed by atoms with E-state index in [1.54, 1.807) is 6.20 Å². The normalized spacial score (nSPS) is 26.3. The van der Waals surface area contributed by atoms with E-state index < -0.39 is 0 Å².